The highest BCUT2D eigenvalue weighted by molar-refractivity contribution is 5.76. The third-order valence-electron chi connectivity index (χ3n) is 6.63. The maximum Gasteiger partial charge on any atom is 0.309 e. The highest BCUT2D eigenvalue weighted by atomic mass is 16.6. The molecule has 1 aromatic heterocycles. The van der Waals surface area contributed by atoms with E-state index in [4.69, 9.17) is 9.47 Å². The summed E-state index contributed by atoms with van der Waals surface area (Å²) >= 11 is 0. The number of hydrogen-bond donors (Lipinski definition) is 0. The Balaban J connectivity index is 1.40. The van der Waals surface area contributed by atoms with Gasteiger partial charge in [-0.15, -0.1) is 0 Å². The minimum Gasteiger partial charge on any atom is -0.488 e. The monoisotopic (exact) mass is 402 g/mol. The van der Waals surface area contributed by atoms with E-state index in [0.29, 0.717) is 6.61 Å². The Morgan fingerprint density at radius 1 is 1.23 bits per heavy atom. The lowest BCUT2D eigenvalue weighted by atomic mass is 9.74. The van der Waals surface area contributed by atoms with E-state index >= 15 is 0 Å². The SMILES string of the molecule is Cc1cc(OCc2cnn(-c3ccccc3)c2)c(C)c2c1CC[C@H]1C(C)C(=O)O[C@@H]21. The van der Waals surface area contributed by atoms with Gasteiger partial charge in [-0.25, -0.2) is 4.68 Å². The molecule has 1 unspecified atom stereocenters. The number of aromatic nitrogens is 2. The molecule has 3 atom stereocenters. The molecule has 0 radical (unpaired) electrons. The molecule has 0 bridgehead atoms. The van der Waals surface area contributed by atoms with Crippen molar-refractivity contribution in [3.63, 3.8) is 0 Å². The Kier molecular flexibility index (Phi) is 4.61. The second-order valence-electron chi connectivity index (χ2n) is 8.47. The molecule has 1 fully saturated rings. The average molecular weight is 402 g/mol. The van der Waals surface area contributed by atoms with E-state index in [1.807, 2.05) is 54.3 Å². The third kappa shape index (κ3) is 3.09. The molecule has 5 rings (SSSR count). The Morgan fingerprint density at radius 2 is 2.03 bits per heavy atom. The predicted molar refractivity (Wildman–Crippen MR) is 114 cm³/mol. The largest absolute Gasteiger partial charge is 0.488 e. The van der Waals surface area contributed by atoms with Gasteiger partial charge < -0.3 is 9.47 Å². The van der Waals surface area contributed by atoms with E-state index < -0.39 is 0 Å². The number of carbonyl (C=O) groups is 1. The first kappa shape index (κ1) is 18.9. The summed E-state index contributed by atoms with van der Waals surface area (Å²) in [6.45, 7) is 6.64. The van der Waals surface area contributed by atoms with Gasteiger partial charge in [-0.3, -0.25) is 4.79 Å². The lowest BCUT2D eigenvalue weighted by molar-refractivity contribution is -0.144. The molecule has 1 aliphatic heterocycles. The molecule has 0 saturated carbocycles. The van der Waals surface area contributed by atoms with Crippen LogP contribution in [0.2, 0.25) is 0 Å². The summed E-state index contributed by atoms with van der Waals surface area (Å²) in [4.78, 5) is 12.2. The summed E-state index contributed by atoms with van der Waals surface area (Å²) in [6, 6.07) is 12.2. The predicted octanol–water partition coefficient (Wildman–Crippen LogP) is 4.86. The smallest absolute Gasteiger partial charge is 0.309 e. The minimum absolute atomic E-state index is 0.0312. The van der Waals surface area contributed by atoms with Crippen LogP contribution in [-0.2, 0) is 22.6 Å². The maximum atomic E-state index is 12.2. The van der Waals surface area contributed by atoms with Crippen LogP contribution in [0.3, 0.4) is 0 Å². The van der Waals surface area contributed by atoms with E-state index in [9.17, 15) is 4.79 Å². The normalized spacial score (nSPS) is 22.4. The van der Waals surface area contributed by atoms with Gasteiger partial charge in [0.05, 0.1) is 17.8 Å². The highest BCUT2D eigenvalue weighted by Gasteiger charge is 2.46. The standard InChI is InChI=1S/C25H26N2O3/c1-15-11-22(29-14-18-12-26-27(13-18)19-7-5-4-6-8-19)17(3)23-20(15)9-10-21-16(2)25(28)30-24(21)23/h4-8,11-13,16,21,24H,9-10,14H2,1-3H3/t16?,21-,24+/m0/s1. The maximum absolute atomic E-state index is 12.2. The summed E-state index contributed by atoms with van der Waals surface area (Å²) in [5, 5.41) is 4.45. The molecule has 1 aliphatic carbocycles. The molecule has 5 heteroatoms. The quantitative estimate of drug-likeness (QED) is 0.585. The molecule has 0 spiro atoms. The van der Waals surface area contributed by atoms with E-state index in [1.165, 1.54) is 16.7 Å². The molecule has 2 aromatic carbocycles. The van der Waals surface area contributed by atoms with Crippen LogP contribution in [0, 0.1) is 25.7 Å². The average Bonchev–Trinajstić information content (AvgIpc) is 3.35. The Bertz CT molecular complexity index is 1100. The van der Waals surface area contributed by atoms with Crippen LogP contribution in [0.25, 0.3) is 5.69 Å². The molecular formula is C25H26N2O3. The molecule has 2 heterocycles. The van der Waals surface area contributed by atoms with Gasteiger partial charge in [0.2, 0.25) is 0 Å². The van der Waals surface area contributed by atoms with Crippen LogP contribution in [0.4, 0.5) is 0 Å². The van der Waals surface area contributed by atoms with Crippen LogP contribution in [-0.4, -0.2) is 15.7 Å². The molecule has 154 valence electrons. The number of esters is 1. The number of benzene rings is 2. The van der Waals surface area contributed by atoms with Gasteiger partial charge in [-0.2, -0.15) is 5.10 Å². The second kappa shape index (κ2) is 7.31. The molecule has 0 N–H and O–H groups in total. The molecule has 5 nitrogen and oxygen atoms in total. The van der Waals surface area contributed by atoms with Gasteiger partial charge in [-0.1, -0.05) is 25.1 Å². The fraction of sp³-hybridized carbons (Fsp3) is 0.360. The summed E-state index contributed by atoms with van der Waals surface area (Å²) in [6.07, 6.45) is 5.69. The first-order valence-corrected chi connectivity index (χ1v) is 10.6. The fourth-order valence-corrected chi connectivity index (χ4v) is 4.89. The van der Waals surface area contributed by atoms with Crippen molar-refractivity contribution in [2.75, 3.05) is 0 Å². The van der Waals surface area contributed by atoms with Crippen molar-refractivity contribution in [1.82, 2.24) is 9.78 Å². The molecular weight excluding hydrogens is 376 g/mol. The number of ether oxygens (including phenoxy) is 2. The zero-order valence-electron chi connectivity index (χ0n) is 17.6. The van der Waals surface area contributed by atoms with E-state index in [-0.39, 0.29) is 23.9 Å². The van der Waals surface area contributed by atoms with Gasteiger partial charge in [0.25, 0.3) is 0 Å². The molecule has 1 saturated heterocycles. The molecule has 0 amide bonds. The van der Waals surface area contributed by atoms with Crippen molar-refractivity contribution < 1.29 is 14.3 Å². The highest BCUT2D eigenvalue weighted by Crippen LogP contribution is 2.49. The first-order valence-electron chi connectivity index (χ1n) is 10.6. The number of rotatable bonds is 4. The summed E-state index contributed by atoms with van der Waals surface area (Å²) < 4.78 is 13.9. The van der Waals surface area contributed by atoms with Crippen molar-refractivity contribution in [2.24, 2.45) is 11.8 Å². The van der Waals surface area contributed by atoms with Gasteiger partial charge in [0.15, 0.2) is 0 Å². The third-order valence-corrected chi connectivity index (χ3v) is 6.63. The van der Waals surface area contributed by atoms with Gasteiger partial charge in [0, 0.05) is 23.2 Å². The topological polar surface area (TPSA) is 53.4 Å². The number of para-hydroxylation sites is 1. The van der Waals surface area contributed by atoms with Crippen LogP contribution in [0.5, 0.6) is 5.75 Å². The van der Waals surface area contributed by atoms with Crippen molar-refractivity contribution in [2.45, 2.75) is 46.3 Å². The molecule has 30 heavy (non-hydrogen) atoms. The van der Waals surface area contributed by atoms with Crippen LogP contribution in [0.15, 0.2) is 48.8 Å². The summed E-state index contributed by atoms with van der Waals surface area (Å²) in [5.74, 6) is 1.02. The Hall–Kier alpha value is -3.08. The molecule has 3 aromatic rings. The number of hydrogen-bond acceptors (Lipinski definition) is 4. The number of carbonyl (C=O) groups excluding carboxylic acids is 1. The van der Waals surface area contributed by atoms with Gasteiger partial charge in [0.1, 0.15) is 18.5 Å². The van der Waals surface area contributed by atoms with Crippen molar-refractivity contribution in [1.29, 1.82) is 0 Å². The van der Waals surface area contributed by atoms with Crippen molar-refractivity contribution >= 4 is 5.97 Å². The number of nitrogens with zero attached hydrogens (tertiary/aromatic N) is 2. The number of fused-ring (bicyclic) bond motifs is 3. The zero-order chi connectivity index (χ0) is 20.8. The zero-order valence-corrected chi connectivity index (χ0v) is 17.6. The van der Waals surface area contributed by atoms with E-state index in [2.05, 4.69) is 25.0 Å². The Labute approximate surface area is 176 Å². The van der Waals surface area contributed by atoms with Crippen LogP contribution < -0.4 is 4.74 Å². The second-order valence-corrected chi connectivity index (χ2v) is 8.47. The number of aryl methyl sites for hydroxylation is 1. The van der Waals surface area contributed by atoms with Crippen LogP contribution >= 0.6 is 0 Å². The van der Waals surface area contributed by atoms with Crippen molar-refractivity contribution in [3.8, 4) is 11.4 Å². The minimum atomic E-state index is -0.140. The Morgan fingerprint density at radius 3 is 2.83 bits per heavy atom. The lowest BCUT2D eigenvalue weighted by Crippen LogP contribution is -2.22. The summed E-state index contributed by atoms with van der Waals surface area (Å²) in [7, 11) is 0. The lowest BCUT2D eigenvalue weighted by Gasteiger charge is -2.31. The first-order chi connectivity index (χ1) is 14.5. The van der Waals surface area contributed by atoms with E-state index in [0.717, 1.165) is 35.4 Å². The summed E-state index contributed by atoms with van der Waals surface area (Å²) in [5.41, 5.74) is 6.81. The molecule has 2 aliphatic rings. The van der Waals surface area contributed by atoms with Crippen LogP contribution in [0.1, 0.15) is 47.3 Å². The fourth-order valence-electron chi connectivity index (χ4n) is 4.89. The van der Waals surface area contributed by atoms with Gasteiger partial charge >= 0.3 is 5.97 Å². The van der Waals surface area contributed by atoms with E-state index in [1.54, 1.807) is 0 Å². The van der Waals surface area contributed by atoms with Crippen molar-refractivity contribution in [3.05, 3.63) is 76.6 Å². The van der Waals surface area contributed by atoms with Gasteiger partial charge in [-0.05, 0) is 61.6 Å².